The number of fused-ring (bicyclic) bond motifs is 1. The number of Topliss-reactive ketones (excluding diaryl/α,β-unsaturated/α-hetero) is 1. The second-order valence-electron chi connectivity index (χ2n) is 11.0. The maximum atomic E-state index is 13.5. The van der Waals surface area contributed by atoms with Gasteiger partial charge in [0.1, 0.15) is 5.78 Å². The molecule has 1 aliphatic heterocycles. The molecular weight excluding hydrogens is 450 g/mol. The highest BCUT2D eigenvalue weighted by molar-refractivity contribution is 5.95. The van der Waals surface area contributed by atoms with E-state index in [-0.39, 0.29) is 18.5 Å². The Bertz CT molecular complexity index is 1310. The Labute approximate surface area is 212 Å². The Kier molecular flexibility index (Phi) is 6.11. The predicted molar refractivity (Wildman–Crippen MR) is 140 cm³/mol. The molecule has 0 spiro atoms. The van der Waals surface area contributed by atoms with Crippen molar-refractivity contribution in [3.05, 3.63) is 82.9 Å². The van der Waals surface area contributed by atoms with Crippen LogP contribution in [0, 0.1) is 12.3 Å². The number of ether oxygens (including phenoxy) is 2. The summed E-state index contributed by atoms with van der Waals surface area (Å²) in [7, 11) is 0. The first kappa shape index (κ1) is 24.1. The number of hydrogen-bond donors (Lipinski definition) is 1. The molecule has 5 rings (SSSR count). The van der Waals surface area contributed by atoms with E-state index >= 15 is 0 Å². The molecule has 3 aromatic carbocycles. The summed E-state index contributed by atoms with van der Waals surface area (Å²) in [4.78, 5) is 25.6. The standard InChI is InChI=1S/C31H33NO4/c1-20-5-6-22(15-25(20)23-9-7-21(8-10-23)18-32-29(34)30(2,3)4)16-28(33)31(13-14-31)24-11-12-26-27(17-24)36-19-35-26/h5-12,15,17H,13-14,16,18-19H2,1-4H3,(H,32,34). The van der Waals surface area contributed by atoms with Gasteiger partial charge in [0, 0.05) is 18.4 Å². The summed E-state index contributed by atoms with van der Waals surface area (Å²) >= 11 is 0. The number of carbonyl (C=O) groups excluding carboxylic acids is 2. The van der Waals surface area contributed by atoms with Gasteiger partial charge in [0.05, 0.1) is 5.41 Å². The van der Waals surface area contributed by atoms with E-state index in [1.807, 2.05) is 51.1 Å². The molecule has 5 nitrogen and oxygen atoms in total. The molecule has 0 radical (unpaired) electrons. The third kappa shape index (κ3) is 4.75. The van der Waals surface area contributed by atoms with Crippen molar-refractivity contribution in [3.63, 3.8) is 0 Å². The minimum atomic E-state index is -0.412. The molecule has 2 aliphatic rings. The summed E-state index contributed by atoms with van der Waals surface area (Å²) < 4.78 is 11.0. The number of amides is 1. The van der Waals surface area contributed by atoms with Gasteiger partial charge in [0.25, 0.3) is 0 Å². The van der Waals surface area contributed by atoms with Crippen LogP contribution < -0.4 is 14.8 Å². The molecule has 0 saturated heterocycles. The van der Waals surface area contributed by atoms with Crippen molar-refractivity contribution in [3.8, 4) is 22.6 Å². The molecule has 0 bridgehead atoms. The van der Waals surface area contributed by atoms with E-state index < -0.39 is 10.8 Å². The minimum absolute atomic E-state index is 0.0361. The van der Waals surface area contributed by atoms with Crippen LogP contribution in [0.1, 0.15) is 55.9 Å². The van der Waals surface area contributed by atoms with E-state index in [0.29, 0.717) is 13.0 Å². The van der Waals surface area contributed by atoms with E-state index in [4.69, 9.17) is 9.47 Å². The average molecular weight is 484 g/mol. The summed E-state index contributed by atoms with van der Waals surface area (Å²) in [6, 6.07) is 20.4. The number of rotatable bonds is 7. The predicted octanol–water partition coefficient (Wildman–Crippen LogP) is 5.90. The summed E-state index contributed by atoms with van der Waals surface area (Å²) in [5, 5.41) is 3.00. The Morgan fingerprint density at radius 1 is 0.889 bits per heavy atom. The first-order valence-corrected chi connectivity index (χ1v) is 12.6. The van der Waals surface area contributed by atoms with Crippen molar-refractivity contribution in [2.75, 3.05) is 6.79 Å². The highest BCUT2D eigenvalue weighted by Crippen LogP contribution is 2.51. The topological polar surface area (TPSA) is 64.6 Å². The number of benzene rings is 3. The number of carbonyl (C=O) groups is 2. The zero-order valence-corrected chi connectivity index (χ0v) is 21.4. The third-order valence-corrected chi connectivity index (χ3v) is 7.27. The van der Waals surface area contributed by atoms with E-state index in [1.165, 1.54) is 0 Å². The lowest BCUT2D eigenvalue weighted by atomic mass is 9.87. The molecule has 1 N–H and O–H groups in total. The summed E-state index contributed by atoms with van der Waals surface area (Å²) in [6.07, 6.45) is 2.15. The number of ketones is 1. The average Bonchev–Trinajstić information content (AvgIpc) is 3.54. The molecule has 36 heavy (non-hydrogen) atoms. The molecule has 0 unspecified atom stereocenters. The lowest BCUT2D eigenvalue weighted by Crippen LogP contribution is -2.34. The third-order valence-electron chi connectivity index (χ3n) is 7.27. The smallest absolute Gasteiger partial charge is 0.231 e. The summed E-state index contributed by atoms with van der Waals surface area (Å²) in [5.41, 5.74) is 5.68. The molecule has 0 aromatic heterocycles. The van der Waals surface area contributed by atoms with Crippen molar-refractivity contribution in [2.45, 2.75) is 58.9 Å². The Morgan fingerprint density at radius 3 is 2.28 bits per heavy atom. The molecular formula is C31H33NO4. The largest absolute Gasteiger partial charge is 0.454 e. The van der Waals surface area contributed by atoms with E-state index in [2.05, 4.69) is 42.6 Å². The van der Waals surface area contributed by atoms with Crippen LogP contribution in [0.15, 0.2) is 60.7 Å². The fourth-order valence-corrected chi connectivity index (χ4v) is 4.74. The molecule has 1 fully saturated rings. The Morgan fingerprint density at radius 2 is 1.58 bits per heavy atom. The molecule has 1 amide bonds. The van der Waals surface area contributed by atoms with Crippen molar-refractivity contribution in [1.29, 1.82) is 0 Å². The quantitative estimate of drug-likeness (QED) is 0.455. The van der Waals surface area contributed by atoms with Crippen LogP contribution in [0.2, 0.25) is 0 Å². The van der Waals surface area contributed by atoms with Gasteiger partial charge in [-0.3, -0.25) is 9.59 Å². The highest BCUT2D eigenvalue weighted by atomic mass is 16.7. The maximum absolute atomic E-state index is 13.5. The van der Waals surface area contributed by atoms with Gasteiger partial charge >= 0.3 is 0 Å². The van der Waals surface area contributed by atoms with Crippen LogP contribution in [0.25, 0.3) is 11.1 Å². The zero-order chi connectivity index (χ0) is 25.5. The molecule has 186 valence electrons. The normalized spacial score (nSPS) is 15.4. The lowest BCUT2D eigenvalue weighted by Gasteiger charge is -2.18. The minimum Gasteiger partial charge on any atom is -0.454 e. The second kappa shape index (κ2) is 9.12. The Balaban J connectivity index is 1.30. The van der Waals surface area contributed by atoms with Gasteiger partial charge in [-0.15, -0.1) is 0 Å². The van der Waals surface area contributed by atoms with Crippen molar-refractivity contribution in [1.82, 2.24) is 5.32 Å². The van der Waals surface area contributed by atoms with Crippen LogP contribution >= 0.6 is 0 Å². The van der Waals surface area contributed by atoms with Gasteiger partial charge in [0.2, 0.25) is 12.7 Å². The fourth-order valence-electron chi connectivity index (χ4n) is 4.74. The Hall–Kier alpha value is -3.60. The van der Waals surface area contributed by atoms with Crippen molar-refractivity contribution < 1.29 is 19.1 Å². The zero-order valence-electron chi connectivity index (χ0n) is 21.4. The fraction of sp³-hybridized carbons (Fsp3) is 0.355. The van der Waals surface area contributed by atoms with Gasteiger partial charge in [-0.2, -0.15) is 0 Å². The van der Waals surface area contributed by atoms with Gasteiger partial charge < -0.3 is 14.8 Å². The van der Waals surface area contributed by atoms with Gasteiger partial charge in [0.15, 0.2) is 11.5 Å². The first-order chi connectivity index (χ1) is 17.2. The van der Waals surface area contributed by atoms with Crippen molar-refractivity contribution in [2.24, 2.45) is 5.41 Å². The number of nitrogens with one attached hydrogen (secondary N) is 1. The SMILES string of the molecule is Cc1ccc(CC(=O)C2(c3ccc4c(c3)OCO4)CC2)cc1-c1ccc(CNC(=O)C(C)(C)C)cc1. The van der Waals surface area contributed by atoms with E-state index in [0.717, 1.165) is 57.7 Å². The molecule has 1 heterocycles. The van der Waals surface area contributed by atoms with Crippen LogP contribution in [-0.4, -0.2) is 18.5 Å². The molecule has 3 aromatic rings. The summed E-state index contributed by atoms with van der Waals surface area (Å²) in [5.74, 6) is 1.76. The number of aryl methyl sites for hydroxylation is 1. The number of hydrogen-bond acceptors (Lipinski definition) is 4. The van der Waals surface area contributed by atoms with Crippen LogP contribution in [0.4, 0.5) is 0 Å². The van der Waals surface area contributed by atoms with E-state index in [1.54, 1.807) is 0 Å². The summed E-state index contributed by atoms with van der Waals surface area (Å²) in [6.45, 7) is 8.56. The van der Waals surface area contributed by atoms with Gasteiger partial charge in [-0.05, 0) is 65.3 Å². The van der Waals surface area contributed by atoms with Gasteiger partial charge in [-0.25, -0.2) is 0 Å². The van der Waals surface area contributed by atoms with Gasteiger partial charge in [-0.1, -0.05) is 69.3 Å². The monoisotopic (exact) mass is 483 g/mol. The maximum Gasteiger partial charge on any atom is 0.231 e. The molecule has 5 heteroatoms. The van der Waals surface area contributed by atoms with Crippen LogP contribution in [-0.2, 0) is 28.0 Å². The van der Waals surface area contributed by atoms with E-state index in [9.17, 15) is 9.59 Å². The second-order valence-corrected chi connectivity index (χ2v) is 11.0. The van der Waals surface area contributed by atoms with Crippen molar-refractivity contribution >= 4 is 11.7 Å². The molecule has 1 aliphatic carbocycles. The lowest BCUT2D eigenvalue weighted by molar-refractivity contribution is -0.128. The molecule has 1 saturated carbocycles. The molecule has 0 atom stereocenters. The first-order valence-electron chi connectivity index (χ1n) is 12.6. The van der Waals surface area contributed by atoms with Crippen LogP contribution in [0.5, 0.6) is 11.5 Å². The highest BCUT2D eigenvalue weighted by Gasteiger charge is 2.50. The van der Waals surface area contributed by atoms with Crippen LogP contribution in [0.3, 0.4) is 0 Å².